The van der Waals surface area contributed by atoms with Crippen molar-refractivity contribution in [3.05, 3.63) is 83.1 Å². The van der Waals surface area contributed by atoms with Gasteiger partial charge in [-0.1, -0.05) is 30.4 Å². The number of piperidine rings is 1. The molecule has 5 heterocycles. The van der Waals surface area contributed by atoms with Crippen LogP contribution in [-0.2, 0) is 14.3 Å². The van der Waals surface area contributed by atoms with Crippen LogP contribution in [0.2, 0.25) is 0 Å². The molecular formula is C40H49N3O5. The zero-order valence-corrected chi connectivity index (χ0v) is 29.6. The topological polar surface area (TPSA) is 85.5 Å². The van der Waals surface area contributed by atoms with Crippen molar-refractivity contribution < 1.29 is 24.1 Å². The van der Waals surface area contributed by atoms with Gasteiger partial charge in [-0.25, -0.2) is 9.78 Å². The third-order valence-corrected chi connectivity index (χ3v) is 9.61. The normalized spacial score (nSPS) is 20.8. The van der Waals surface area contributed by atoms with Gasteiger partial charge in [-0.2, -0.15) is 0 Å². The third-order valence-electron chi connectivity index (χ3n) is 9.61. The molecule has 1 saturated heterocycles. The molecule has 48 heavy (non-hydrogen) atoms. The van der Waals surface area contributed by atoms with E-state index in [0.29, 0.717) is 25.3 Å². The number of benzene rings is 2. The second-order valence-corrected chi connectivity index (χ2v) is 14.8. The number of carbonyl (C=O) groups is 1. The van der Waals surface area contributed by atoms with Crippen molar-refractivity contribution >= 4 is 17.4 Å². The zero-order valence-electron chi connectivity index (χ0n) is 29.6. The highest BCUT2D eigenvalue weighted by Crippen LogP contribution is 2.40. The number of nitrogens with zero attached hydrogens (tertiary/aromatic N) is 3. The van der Waals surface area contributed by atoms with Crippen molar-refractivity contribution in [3.63, 3.8) is 0 Å². The molecule has 8 nitrogen and oxygen atoms in total. The number of aliphatic carboxylic acids is 1. The molecule has 2 aromatic heterocycles. The van der Waals surface area contributed by atoms with Crippen LogP contribution in [-0.4, -0.2) is 57.5 Å². The van der Waals surface area contributed by atoms with E-state index >= 15 is 0 Å². The molecule has 254 valence electrons. The molecule has 0 amide bonds. The number of aromatic nitrogens is 2. The molecule has 0 saturated carbocycles. The largest absolute Gasteiger partial charge is 0.490 e. The number of hydrogen-bond donors (Lipinski definition) is 1. The van der Waals surface area contributed by atoms with Crippen LogP contribution in [0.25, 0.3) is 28.0 Å². The van der Waals surface area contributed by atoms with Crippen LogP contribution in [0.3, 0.4) is 0 Å². The second kappa shape index (κ2) is 13.1. The van der Waals surface area contributed by atoms with Crippen molar-refractivity contribution in [2.75, 3.05) is 24.6 Å². The maximum atomic E-state index is 12.9. The Hall–Kier alpha value is -4.14. The van der Waals surface area contributed by atoms with Gasteiger partial charge < -0.3 is 24.2 Å². The number of ether oxygens (including phenoxy) is 3. The zero-order chi connectivity index (χ0) is 34.4. The Morgan fingerprint density at radius 2 is 1.73 bits per heavy atom. The molecule has 7 rings (SSSR count). The van der Waals surface area contributed by atoms with Crippen LogP contribution in [0.1, 0.15) is 82.2 Å². The molecule has 3 aliphatic heterocycles. The van der Waals surface area contributed by atoms with E-state index in [9.17, 15) is 9.90 Å². The highest BCUT2D eigenvalue weighted by molar-refractivity contribution is 5.81. The minimum absolute atomic E-state index is 0.0131. The molecule has 8 heteroatoms. The SMILES string of the molecule is Cc1cc2c(cc1C)-c1cccc(c1)-c1cn3c(c([C@H](OC(C)(C)C)C(=O)O)c(C)cc3n1)N1CCC(C)(CC1)OCC=CC[C@H](C)O2. The Labute approximate surface area is 284 Å². The number of carboxylic acids is 1. The Kier molecular flexibility index (Phi) is 9.18. The number of imidazole rings is 1. The highest BCUT2D eigenvalue weighted by atomic mass is 16.5. The van der Waals surface area contributed by atoms with E-state index in [1.165, 1.54) is 11.1 Å². The Bertz CT molecular complexity index is 1860. The van der Waals surface area contributed by atoms with E-state index in [-0.39, 0.29) is 11.7 Å². The molecular weight excluding hydrogens is 602 g/mol. The van der Waals surface area contributed by atoms with Crippen molar-refractivity contribution in [1.29, 1.82) is 0 Å². The van der Waals surface area contributed by atoms with Gasteiger partial charge >= 0.3 is 5.97 Å². The Morgan fingerprint density at radius 3 is 2.44 bits per heavy atom. The molecule has 4 aromatic rings. The number of aryl methyl sites for hydroxylation is 3. The van der Waals surface area contributed by atoms with Gasteiger partial charge in [-0.05, 0) is 115 Å². The molecule has 0 spiro atoms. The highest BCUT2D eigenvalue weighted by Gasteiger charge is 2.37. The maximum absolute atomic E-state index is 12.9. The lowest BCUT2D eigenvalue weighted by atomic mass is 9.92. The number of hydrogen-bond acceptors (Lipinski definition) is 6. The Morgan fingerprint density at radius 1 is 1.02 bits per heavy atom. The van der Waals surface area contributed by atoms with Gasteiger partial charge in [0.1, 0.15) is 17.2 Å². The minimum atomic E-state index is -1.15. The lowest BCUT2D eigenvalue weighted by Crippen LogP contribution is -2.45. The summed E-state index contributed by atoms with van der Waals surface area (Å²) in [6.07, 6.45) is 7.48. The molecule has 6 bridgehead atoms. The van der Waals surface area contributed by atoms with Gasteiger partial charge in [-0.15, -0.1) is 0 Å². The fourth-order valence-electron chi connectivity index (χ4n) is 6.78. The summed E-state index contributed by atoms with van der Waals surface area (Å²) >= 11 is 0. The van der Waals surface area contributed by atoms with E-state index in [2.05, 4.69) is 85.5 Å². The van der Waals surface area contributed by atoms with Crippen LogP contribution in [0.5, 0.6) is 5.75 Å². The number of pyridine rings is 1. The predicted octanol–water partition coefficient (Wildman–Crippen LogP) is 8.64. The predicted molar refractivity (Wildman–Crippen MR) is 191 cm³/mol. The van der Waals surface area contributed by atoms with Crippen LogP contribution >= 0.6 is 0 Å². The molecule has 0 aliphatic carbocycles. The van der Waals surface area contributed by atoms with Gasteiger partial charge in [-0.3, -0.25) is 4.40 Å². The summed E-state index contributed by atoms with van der Waals surface area (Å²) in [7, 11) is 0. The summed E-state index contributed by atoms with van der Waals surface area (Å²) in [5.41, 5.74) is 7.53. The van der Waals surface area contributed by atoms with E-state index in [1.54, 1.807) is 0 Å². The maximum Gasteiger partial charge on any atom is 0.337 e. The number of anilines is 1. The monoisotopic (exact) mass is 651 g/mol. The molecule has 0 radical (unpaired) electrons. The summed E-state index contributed by atoms with van der Waals surface area (Å²) in [5.74, 6) is 0.656. The van der Waals surface area contributed by atoms with Gasteiger partial charge in [0.25, 0.3) is 0 Å². The summed E-state index contributed by atoms with van der Waals surface area (Å²) in [6, 6.07) is 14.7. The van der Waals surface area contributed by atoms with Crippen molar-refractivity contribution in [2.45, 2.75) is 98.1 Å². The van der Waals surface area contributed by atoms with Gasteiger partial charge in [0, 0.05) is 42.4 Å². The lowest BCUT2D eigenvalue weighted by Gasteiger charge is -2.41. The molecule has 2 aromatic carbocycles. The quantitative estimate of drug-likeness (QED) is 0.222. The van der Waals surface area contributed by atoms with E-state index < -0.39 is 17.7 Å². The van der Waals surface area contributed by atoms with Crippen molar-refractivity contribution in [3.8, 4) is 28.1 Å². The average molecular weight is 652 g/mol. The summed E-state index contributed by atoms with van der Waals surface area (Å²) in [4.78, 5) is 20.3. The third kappa shape index (κ3) is 7.01. The van der Waals surface area contributed by atoms with Crippen LogP contribution in [0.15, 0.2) is 60.8 Å². The van der Waals surface area contributed by atoms with Gasteiger partial charge in [0.2, 0.25) is 0 Å². The first kappa shape index (κ1) is 33.7. The standard InChI is InChI=1S/C40H49N3O5/c1-25-20-31-29-13-11-14-30(23-29)32-24-43-34(41-32)22-27(3)35(36(38(44)45)48-39(5,6)7)37(43)42-17-15-40(8,16-18-42)46-19-10-9-12-28(4)47-33(31)21-26(25)2/h9-11,13-14,20-24,28,36H,12,15-19H2,1-8H3,(H,44,45)/t28-,36-/m0/s1. The second-order valence-electron chi connectivity index (χ2n) is 14.8. The first-order valence-electron chi connectivity index (χ1n) is 17.1. The fourth-order valence-corrected chi connectivity index (χ4v) is 6.78. The van der Waals surface area contributed by atoms with Gasteiger partial charge in [0.15, 0.2) is 6.10 Å². The summed E-state index contributed by atoms with van der Waals surface area (Å²) in [6.45, 7) is 18.1. The van der Waals surface area contributed by atoms with Gasteiger partial charge in [0.05, 0.1) is 29.6 Å². The molecule has 3 aliphatic rings. The van der Waals surface area contributed by atoms with E-state index in [1.807, 2.05) is 40.0 Å². The smallest absolute Gasteiger partial charge is 0.337 e. The molecule has 0 unspecified atom stereocenters. The van der Waals surface area contributed by atoms with E-state index in [4.69, 9.17) is 19.2 Å². The minimum Gasteiger partial charge on any atom is -0.490 e. The first-order valence-corrected chi connectivity index (χ1v) is 17.1. The van der Waals surface area contributed by atoms with E-state index in [0.717, 1.165) is 64.4 Å². The number of fused-ring (bicyclic) bond motifs is 7. The molecule has 2 atom stereocenters. The van der Waals surface area contributed by atoms with Crippen molar-refractivity contribution in [1.82, 2.24) is 9.38 Å². The Balaban J connectivity index is 1.55. The molecule has 1 N–H and O–H groups in total. The summed E-state index contributed by atoms with van der Waals surface area (Å²) in [5, 5.41) is 10.5. The van der Waals surface area contributed by atoms with Crippen LogP contribution < -0.4 is 9.64 Å². The van der Waals surface area contributed by atoms with Crippen LogP contribution in [0.4, 0.5) is 5.82 Å². The summed E-state index contributed by atoms with van der Waals surface area (Å²) < 4.78 is 21.4. The number of rotatable bonds is 3. The lowest BCUT2D eigenvalue weighted by molar-refractivity contribution is -0.160. The fraction of sp³-hybridized carbons (Fsp3) is 0.450. The van der Waals surface area contributed by atoms with Crippen LogP contribution in [0, 0.1) is 20.8 Å². The first-order chi connectivity index (χ1) is 22.7. The van der Waals surface area contributed by atoms with Crippen molar-refractivity contribution in [2.24, 2.45) is 0 Å². The average Bonchev–Trinajstić information content (AvgIpc) is 3.44. The molecule has 1 fully saturated rings. The number of carboxylic acid groups (broad SMARTS) is 1.